The van der Waals surface area contributed by atoms with Gasteiger partial charge in [0.25, 0.3) is 0 Å². The van der Waals surface area contributed by atoms with Crippen LogP contribution in [0.4, 0.5) is 4.79 Å². The highest BCUT2D eigenvalue weighted by Gasteiger charge is 2.26. The molecular weight excluding hydrogens is 276 g/mol. The van der Waals surface area contributed by atoms with Gasteiger partial charge in [0.1, 0.15) is 0 Å². The number of nitrogens with one attached hydrogen (secondary N) is 1. The number of rotatable bonds is 3. The van der Waals surface area contributed by atoms with E-state index in [1.165, 1.54) is 11.1 Å². The molecule has 1 aromatic carbocycles. The highest BCUT2D eigenvalue weighted by molar-refractivity contribution is 5.74. The lowest BCUT2D eigenvalue weighted by molar-refractivity contribution is 0.194. The number of carbonyl (C=O) groups excluding carboxylic acids is 1. The van der Waals surface area contributed by atoms with Crippen LogP contribution >= 0.6 is 0 Å². The van der Waals surface area contributed by atoms with Crippen LogP contribution in [-0.4, -0.2) is 41.8 Å². The van der Waals surface area contributed by atoms with E-state index in [0.717, 1.165) is 51.6 Å². The monoisotopic (exact) mass is 302 g/mol. The summed E-state index contributed by atoms with van der Waals surface area (Å²) in [6.07, 6.45) is 5.94. The van der Waals surface area contributed by atoms with E-state index >= 15 is 0 Å². The molecule has 0 bridgehead atoms. The Bertz CT molecular complexity index is 493. The maximum absolute atomic E-state index is 12.5. The van der Waals surface area contributed by atoms with E-state index in [1.807, 2.05) is 4.90 Å². The van der Waals surface area contributed by atoms with Gasteiger partial charge in [0, 0.05) is 25.7 Å². The third-order valence-electron chi connectivity index (χ3n) is 5.05. The third kappa shape index (κ3) is 3.61. The van der Waals surface area contributed by atoms with E-state index in [4.69, 9.17) is 5.11 Å². The fraction of sp³-hybridized carbons (Fsp3) is 0.611. The Morgan fingerprint density at radius 1 is 1.18 bits per heavy atom. The lowest BCUT2D eigenvalue weighted by Crippen LogP contribution is -2.45. The molecule has 1 saturated heterocycles. The number of likely N-dealkylation sites (tertiary alicyclic amines) is 1. The average Bonchev–Trinajstić information content (AvgIpc) is 2.77. The standard InChI is InChI=1S/C18H26N2O2/c21-11-8-14-4-3-9-20(10-7-14)18(22)19-17-12-15-5-1-2-6-16(15)13-17/h1-2,5-6,14,17,21H,3-4,7-13H2,(H,19,22). The highest BCUT2D eigenvalue weighted by atomic mass is 16.3. The summed E-state index contributed by atoms with van der Waals surface area (Å²) in [5, 5.41) is 12.3. The van der Waals surface area contributed by atoms with E-state index in [1.54, 1.807) is 0 Å². The molecular formula is C18H26N2O2. The molecule has 2 N–H and O–H groups in total. The van der Waals surface area contributed by atoms with Crippen molar-refractivity contribution in [2.75, 3.05) is 19.7 Å². The number of aliphatic hydroxyl groups excluding tert-OH is 1. The maximum atomic E-state index is 12.5. The Morgan fingerprint density at radius 2 is 1.91 bits per heavy atom. The summed E-state index contributed by atoms with van der Waals surface area (Å²) < 4.78 is 0. The molecule has 1 aliphatic carbocycles. The minimum absolute atomic E-state index is 0.0856. The van der Waals surface area contributed by atoms with E-state index in [9.17, 15) is 4.79 Å². The summed E-state index contributed by atoms with van der Waals surface area (Å²) in [5.41, 5.74) is 2.73. The van der Waals surface area contributed by atoms with E-state index in [0.29, 0.717) is 5.92 Å². The van der Waals surface area contributed by atoms with E-state index < -0.39 is 0 Å². The van der Waals surface area contributed by atoms with Crippen LogP contribution in [0.2, 0.25) is 0 Å². The van der Waals surface area contributed by atoms with Gasteiger partial charge in [-0.2, -0.15) is 0 Å². The number of carbonyl (C=O) groups is 1. The van der Waals surface area contributed by atoms with Crippen LogP contribution in [-0.2, 0) is 12.8 Å². The molecule has 0 radical (unpaired) electrons. The van der Waals surface area contributed by atoms with Crippen LogP contribution in [0.15, 0.2) is 24.3 Å². The molecule has 1 fully saturated rings. The molecule has 1 heterocycles. The number of fused-ring (bicyclic) bond motifs is 1. The zero-order valence-electron chi connectivity index (χ0n) is 13.1. The second kappa shape index (κ2) is 7.14. The number of aliphatic hydroxyl groups is 1. The molecule has 120 valence electrons. The lowest BCUT2D eigenvalue weighted by Gasteiger charge is -2.23. The van der Waals surface area contributed by atoms with Gasteiger partial charge in [0.15, 0.2) is 0 Å². The predicted molar refractivity (Wildman–Crippen MR) is 86.8 cm³/mol. The Hall–Kier alpha value is -1.55. The molecule has 0 aromatic heterocycles. The fourth-order valence-electron chi connectivity index (χ4n) is 3.77. The van der Waals surface area contributed by atoms with E-state index in [-0.39, 0.29) is 18.7 Å². The number of benzene rings is 1. The van der Waals surface area contributed by atoms with E-state index in [2.05, 4.69) is 29.6 Å². The molecule has 2 aliphatic rings. The van der Waals surface area contributed by atoms with Crippen molar-refractivity contribution in [2.45, 2.75) is 44.6 Å². The van der Waals surface area contributed by atoms with Crippen LogP contribution in [0.3, 0.4) is 0 Å². The molecule has 4 heteroatoms. The fourth-order valence-corrected chi connectivity index (χ4v) is 3.77. The highest BCUT2D eigenvalue weighted by Crippen LogP contribution is 2.23. The Kier molecular flexibility index (Phi) is 4.98. The first-order valence-electron chi connectivity index (χ1n) is 8.49. The normalized spacial score (nSPS) is 22.2. The summed E-state index contributed by atoms with van der Waals surface area (Å²) in [5.74, 6) is 0.568. The average molecular weight is 302 g/mol. The van der Waals surface area contributed by atoms with Crippen molar-refractivity contribution in [3.8, 4) is 0 Å². The topological polar surface area (TPSA) is 52.6 Å². The molecule has 0 spiro atoms. The van der Waals surface area contributed by atoms with Crippen molar-refractivity contribution in [3.63, 3.8) is 0 Å². The second-order valence-electron chi connectivity index (χ2n) is 6.62. The Balaban J connectivity index is 1.50. The minimum atomic E-state index is 0.0856. The van der Waals surface area contributed by atoms with Crippen LogP contribution in [0.25, 0.3) is 0 Å². The Labute approximate surface area is 132 Å². The van der Waals surface area contributed by atoms with Gasteiger partial charge in [0.05, 0.1) is 0 Å². The summed E-state index contributed by atoms with van der Waals surface area (Å²) in [4.78, 5) is 14.4. The summed E-state index contributed by atoms with van der Waals surface area (Å²) in [6, 6.07) is 8.78. The zero-order valence-corrected chi connectivity index (χ0v) is 13.1. The van der Waals surface area contributed by atoms with Crippen molar-refractivity contribution in [1.29, 1.82) is 0 Å². The van der Waals surface area contributed by atoms with Crippen LogP contribution in [0, 0.1) is 5.92 Å². The first kappa shape index (κ1) is 15.3. The van der Waals surface area contributed by atoms with Gasteiger partial charge in [-0.3, -0.25) is 0 Å². The molecule has 4 nitrogen and oxygen atoms in total. The minimum Gasteiger partial charge on any atom is -0.396 e. The molecule has 1 aliphatic heterocycles. The van der Waals surface area contributed by atoms with Crippen LogP contribution in [0.1, 0.15) is 36.8 Å². The van der Waals surface area contributed by atoms with Crippen molar-refractivity contribution < 1.29 is 9.90 Å². The second-order valence-corrected chi connectivity index (χ2v) is 6.62. The zero-order chi connectivity index (χ0) is 15.4. The molecule has 1 atom stereocenters. The maximum Gasteiger partial charge on any atom is 0.317 e. The first-order chi connectivity index (χ1) is 10.8. The summed E-state index contributed by atoms with van der Waals surface area (Å²) >= 11 is 0. The smallest absolute Gasteiger partial charge is 0.317 e. The number of urea groups is 1. The van der Waals surface area contributed by atoms with Crippen molar-refractivity contribution in [3.05, 3.63) is 35.4 Å². The Morgan fingerprint density at radius 3 is 2.59 bits per heavy atom. The largest absolute Gasteiger partial charge is 0.396 e. The van der Waals surface area contributed by atoms with Gasteiger partial charge in [-0.25, -0.2) is 4.79 Å². The number of hydrogen-bond acceptors (Lipinski definition) is 2. The quantitative estimate of drug-likeness (QED) is 0.900. The van der Waals surface area contributed by atoms with Gasteiger partial charge >= 0.3 is 6.03 Å². The van der Waals surface area contributed by atoms with Gasteiger partial charge in [-0.15, -0.1) is 0 Å². The van der Waals surface area contributed by atoms with Gasteiger partial charge in [0.2, 0.25) is 0 Å². The molecule has 2 amide bonds. The number of nitrogens with zero attached hydrogens (tertiary/aromatic N) is 1. The predicted octanol–water partition coefficient (Wildman–Crippen LogP) is 2.35. The molecule has 0 saturated carbocycles. The molecule has 22 heavy (non-hydrogen) atoms. The van der Waals surface area contributed by atoms with Crippen LogP contribution < -0.4 is 5.32 Å². The van der Waals surface area contributed by atoms with Crippen molar-refractivity contribution in [1.82, 2.24) is 10.2 Å². The molecule has 1 aromatic rings. The summed E-state index contributed by atoms with van der Waals surface area (Å²) in [7, 11) is 0. The van der Waals surface area contributed by atoms with Crippen molar-refractivity contribution >= 4 is 6.03 Å². The van der Waals surface area contributed by atoms with Crippen LogP contribution in [0.5, 0.6) is 0 Å². The molecule has 1 unspecified atom stereocenters. The molecule has 3 rings (SSSR count). The number of amides is 2. The van der Waals surface area contributed by atoms with Crippen molar-refractivity contribution in [2.24, 2.45) is 5.92 Å². The lowest BCUT2D eigenvalue weighted by atomic mass is 9.98. The SMILES string of the molecule is O=C(NC1Cc2ccccc2C1)N1CCCC(CCO)CC1. The van der Waals surface area contributed by atoms with Gasteiger partial charge in [-0.05, 0) is 55.6 Å². The third-order valence-corrected chi connectivity index (χ3v) is 5.05. The van der Waals surface area contributed by atoms with Gasteiger partial charge < -0.3 is 15.3 Å². The first-order valence-corrected chi connectivity index (χ1v) is 8.49. The summed E-state index contributed by atoms with van der Waals surface area (Å²) in [6.45, 7) is 1.92. The van der Waals surface area contributed by atoms with Gasteiger partial charge in [-0.1, -0.05) is 24.3 Å². The number of hydrogen-bond donors (Lipinski definition) is 2.